The van der Waals surface area contributed by atoms with Crippen molar-refractivity contribution in [1.29, 1.82) is 0 Å². The fraction of sp³-hybridized carbons (Fsp3) is 0.433. The Balaban J connectivity index is 1.54. The summed E-state index contributed by atoms with van der Waals surface area (Å²) in [5.41, 5.74) is 2.99. The number of carbonyl (C=O) groups is 1. The summed E-state index contributed by atoms with van der Waals surface area (Å²) in [5.74, 6) is -0.550. The Morgan fingerprint density at radius 2 is 1.37 bits per heavy atom. The number of benzene rings is 2. The van der Waals surface area contributed by atoms with Crippen LogP contribution in [0.2, 0.25) is 0 Å². The molecule has 186 valence electrons. The molecule has 0 amide bonds. The van der Waals surface area contributed by atoms with Crippen molar-refractivity contribution in [2.75, 3.05) is 0 Å². The largest absolute Gasteiger partial charge is 0.423 e. The van der Waals surface area contributed by atoms with Crippen molar-refractivity contribution in [2.24, 2.45) is 0 Å². The van der Waals surface area contributed by atoms with E-state index in [-0.39, 0.29) is 11.3 Å². The molecule has 35 heavy (non-hydrogen) atoms. The summed E-state index contributed by atoms with van der Waals surface area (Å²) < 4.78 is 20.2. The zero-order chi connectivity index (χ0) is 24.9. The zero-order valence-electron chi connectivity index (χ0n) is 21.1. The number of carbonyl (C=O) groups excluding carboxylic acids is 1. The van der Waals surface area contributed by atoms with Crippen LogP contribution in [0.15, 0.2) is 54.9 Å². The number of hydrogen-bond acceptors (Lipinski definition) is 4. The molecule has 0 unspecified atom stereocenters. The molecule has 1 aromatic heterocycles. The fourth-order valence-electron chi connectivity index (χ4n) is 4.03. The Labute approximate surface area is 209 Å². The van der Waals surface area contributed by atoms with Gasteiger partial charge in [-0.2, -0.15) is 0 Å². The van der Waals surface area contributed by atoms with Gasteiger partial charge >= 0.3 is 5.97 Å². The van der Waals surface area contributed by atoms with E-state index in [0.29, 0.717) is 11.4 Å². The van der Waals surface area contributed by atoms with Gasteiger partial charge in [-0.3, -0.25) is 0 Å². The lowest BCUT2D eigenvalue weighted by atomic mass is 10.1. The Hall–Kier alpha value is -3.08. The van der Waals surface area contributed by atoms with Crippen LogP contribution in [0, 0.1) is 5.82 Å². The Kier molecular flexibility index (Phi) is 10.9. The molecular weight excluding hydrogens is 439 g/mol. The first-order valence-electron chi connectivity index (χ1n) is 13.0. The van der Waals surface area contributed by atoms with E-state index in [9.17, 15) is 9.18 Å². The lowest BCUT2D eigenvalue weighted by molar-refractivity contribution is 0.0734. The highest BCUT2D eigenvalue weighted by molar-refractivity contribution is 5.91. The molecule has 5 heteroatoms. The smallest absolute Gasteiger partial charge is 0.343 e. The van der Waals surface area contributed by atoms with Crippen LogP contribution >= 0.6 is 0 Å². The highest BCUT2D eigenvalue weighted by Gasteiger charge is 2.13. The number of rotatable bonds is 14. The van der Waals surface area contributed by atoms with Crippen LogP contribution in [0.4, 0.5) is 4.39 Å². The molecule has 0 aliphatic carbocycles. The average molecular weight is 477 g/mol. The van der Waals surface area contributed by atoms with Gasteiger partial charge in [0.2, 0.25) is 0 Å². The molecule has 3 aromatic rings. The lowest BCUT2D eigenvalue weighted by Crippen LogP contribution is -2.09. The van der Waals surface area contributed by atoms with E-state index in [4.69, 9.17) is 4.74 Å². The number of nitrogens with zero attached hydrogens (tertiary/aromatic N) is 2. The fourth-order valence-corrected chi connectivity index (χ4v) is 4.03. The molecule has 0 atom stereocenters. The standard InChI is InChI=1S/C30H37FN2O2/c1-3-5-7-8-9-11-13-24-21-32-29(33-22-24)27-19-18-26(20-28(27)31)35-30(34)25-16-14-23(15-17-25)12-10-6-4-2/h14-22H,3-13H2,1-2H3. The van der Waals surface area contributed by atoms with Gasteiger partial charge in [0.1, 0.15) is 11.6 Å². The van der Waals surface area contributed by atoms with Crippen LogP contribution < -0.4 is 4.74 Å². The number of hydrogen-bond donors (Lipinski definition) is 0. The van der Waals surface area contributed by atoms with Gasteiger partial charge in [-0.25, -0.2) is 19.2 Å². The predicted octanol–water partition coefficient (Wildman–Crippen LogP) is 8.14. The van der Waals surface area contributed by atoms with Gasteiger partial charge < -0.3 is 4.74 Å². The van der Waals surface area contributed by atoms with Gasteiger partial charge in [0.15, 0.2) is 5.82 Å². The third-order valence-corrected chi connectivity index (χ3v) is 6.17. The molecule has 0 bridgehead atoms. The Bertz CT molecular complexity index is 1050. The van der Waals surface area contributed by atoms with E-state index >= 15 is 0 Å². The third-order valence-electron chi connectivity index (χ3n) is 6.17. The number of ether oxygens (including phenoxy) is 1. The van der Waals surface area contributed by atoms with Crippen molar-refractivity contribution in [1.82, 2.24) is 9.97 Å². The van der Waals surface area contributed by atoms with E-state index in [0.717, 1.165) is 31.2 Å². The summed E-state index contributed by atoms with van der Waals surface area (Å²) in [4.78, 5) is 21.2. The van der Waals surface area contributed by atoms with E-state index in [2.05, 4.69) is 23.8 Å². The molecule has 1 heterocycles. The summed E-state index contributed by atoms with van der Waals surface area (Å²) in [5, 5.41) is 0. The maximum absolute atomic E-state index is 14.8. The number of aromatic nitrogens is 2. The van der Waals surface area contributed by atoms with Crippen molar-refractivity contribution >= 4 is 5.97 Å². The SMILES string of the molecule is CCCCCCCCc1cnc(-c2ccc(OC(=O)c3ccc(CCCCC)cc3)cc2F)nc1. The van der Waals surface area contributed by atoms with E-state index in [1.807, 2.05) is 12.1 Å². The molecular formula is C30H37FN2O2. The van der Waals surface area contributed by atoms with Gasteiger partial charge in [-0.05, 0) is 61.1 Å². The summed E-state index contributed by atoms with van der Waals surface area (Å²) in [6, 6.07) is 11.7. The Morgan fingerprint density at radius 3 is 2.06 bits per heavy atom. The molecule has 0 saturated heterocycles. The first kappa shape index (κ1) is 26.5. The monoisotopic (exact) mass is 476 g/mol. The van der Waals surface area contributed by atoms with E-state index in [1.165, 1.54) is 56.6 Å². The minimum absolute atomic E-state index is 0.156. The van der Waals surface area contributed by atoms with Crippen molar-refractivity contribution in [3.05, 3.63) is 77.4 Å². The topological polar surface area (TPSA) is 52.1 Å². The minimum Gasteiger partial charge on any atom is -0.423 e. The molecule has 0 fully saturated rings. The quantitative estimate of drug-likeness (QED) is 0.134. The molecule has 0 aliphatic rings. The van der Waals surface area contributed by atoms with Gasteiger partial charge in [0, 0.05) is 18.5 Å². The summed E-state index contributed by atoms with van der Waals surface area (Å²) in [6.07, 6.45) is 16.4. The first-order chi connectivity index (χ1) is 17.1. The van der Waals surface area contributed by atoms with Crippen LogP contribution in [0.3, 0.4) is 0 Å². The molecule has 0 N–H and O–H groups in total. The van der Waals surface area contributed by atoms with Crippen molar-refractivity contribution in [3.8, 4) is 17.1 Å². The zero-order valence-corrected chi connectivity index (χ0v) is 21.1. The third kappa shape index (κ3) is 8.57. The molecule has 0 saturated carbocycles. The van der Waals surface area contributed by atoms with Crippen molar-refractivity contribution in [2.45, 2.75) is 84.5 Å². The van der Waals surface area contributed by atoms with E-state index in [1.54, 1.807) is 36.7 Å². The molecule has 2 aromatic carbocycles. The maximum atomic E-state index is 14.8. The second-order valence-electron chi connectivity index (χ2n) is 9.12. The van der Waals surface area contributed by atoms with Crippen LogP contribution in [0.1, 0.15) is 93.1 Å². The lowest BCUT2D eigenvalue weighted by Gasteiger charge is -2.08. The second kappa shape index (κ2) is 14.3. The highest BCUT2D eigenvalue weighted by Crippen LogP contribution is 2.24. The first-order valence-corrected chi connectivity index (χ1v) is 13.0. The average Bonchev–Trinajstić information content (AvgIpc) is 2.87. The van der Waals surface area contributed by atoms with Crippen LogP contribution in [0.5, 0.6) is 5.75 Å². The van der Waals surface area contributed by atoms with Crippen LogP contribution in [-0.4, -0.2) is 15.9 Å². The number of aryl methyl sites for hydroxylation is 2. The van der Waals surface area contributed by atoms with Gasteiger partial charge in [0.25, 0.3) is 0 Å². The van der Waals surface area contributed by atoms with Gasteiger partial charge in [-0.15, -0.1) is 0 Å². The van der Waals surface area contributed by atoms with E-state index < -0.39 is 11.8 Å². The molecule has 3 rings (SSSR count). The molecule has 0 spiro atoms. The van der Waals surface area contributed by atoms with Gasteiger partial charge in [-0.1, -0.05) is 70.9 Å². The Morgan fingerprint density at radius 1 is 0.771 bits per heavy atom. The second-order valence-corrected chi connectivity index (χ2v) is 9.12. The minimum atomic E-state index is -0.523. The molecule has 0 aliphatic heterocycles. The highest BCUT2D eigenvalue weighted by atomic mass is 19.1. The number of halogens is 1. The normalized spacial score (nSPS) is 10.9. The molecule has 0 radical (unpaired) electrons. The summed E-state index contributed by atoms with van der Waals surface area (Å²) in [6.45, 7) is 4.39. The number of unbranched alkanes of at least 4 members (excludes halogenated alkanes) is 7. The van der Waals surface area contributed by atoms with Crippen molar-refractivity contribution in [3.63, 3.8) is 0 Å². The molecule has 4 nitrogen and oxygen atoms in total. The van der Waals surface area contributed by atoms with Crippen molar-refractivity contribution < 1.29 is 13.9 Å². The summed E-state index contributed by atoms with van der Waals surface area (Å²) >= 11 is 0. The van der Waals surface area contributed by atoms with Crippen LogP contribution in [0.25, 0.3) is 11.4 Å². The predicted molar refractivity (Wildman–Crippen MR) is 139 cm³/mol. The van der Waals surface area contributed by atoms with Crippen LogP contribution in [-0.2, 0) is 12.8 Å². The number of esters is 1. The summed E-state index contributed by atoms with van der Waals surface area (Å²) in [7, 11) is 0. The maximum Gasteiger partial charge on any atom is 0.343 e. The van der Waals surface area contributed by atoms with Gasteiger partial charge in [0.05, 0.1) is 11.1 Å².